The highest BCUT2D eigenvalue weighted by atomic mass is 16.5. The Labute approximate surface area is 93.5 Å². The molecule has 1 rings (SSSR count). The average molecular weight is 215 g/mol. The smallest absolute Gasteiger partial charge is 0.0671 e. The number of ether oxygens (including phenoxy) is 2. The molecule has 1 aliphatic heterocycles. The van der Waals surface area contributed by atoms with Crippen molar-refractivity contribution in [2.75, 3.05) is 26.4 Å². The second-order valence-electron chi connectivity index (χ2n) is 4.76. The molecule has 15 heavy (non-hydrogen) atoms. The number of nitrogens with one attached hydrogen (secondary N) is 1. The van der Waals surface area contributed by atoms with Gasteiger partial charge >= 0.3 is 0 Å². The summed E-state index contributed by atoms with van der Waals surface area (Å²) in [6, 6.07) is 0.541. The predicted octanol–water partition coefficient (Wildman–Crippen LogP) is 1.82. The molecule has 0 bridgehead atoms. The lowest BCUT2D eigenvalue weighted by atomic mass is 10.0. The molecule has 0 aromatic rings. The Hall–Kier alpha value is -0.120. The summed E-state index contributed by atoms with van der Waals surface area (Å²) in [6.45, 7) is 10.1. The van der Waals surface area contributed by atoms with Gasteiger partial charge in [0.25, 0.3) is 0 Å². The van der Waals surface area contributed by atoms with Crippen molar-refractivity contribution in [2.24, 2.45) is 5.92 Å². The lowest BCUT2D eigenvalue weighted by molar-refractivity contribution is -0.00476. The van der Waals surface area contributed by atoms with Crippen LogP contribution in [-0.4, -0.2) is 38.5 Å². The molecular formula is C12H25NO2. The van der Waals surface area contributed by atoms with E-state index in [4.69, 9.17) is 9.47 Å². The van der Waals surface area contributed by atoms with E-state index in [0.29, 0.717) is 18.1 Å². The maximum Gasteiger partial charge on any atom is 0.0671 e. The first-order chi connectivity index (χ1) is 7.18. The van der Waals surface area contributed by atoms with Crippen LogP contribution in [0.25, 0.3) is 0 Å². The fourth-order valence-corrected chi connectivity index (χ4v) is 1.67. The molecule has 0 spiro atoms. The lowest BCUT2D eigenvalue weighted by Gasteiger charge is -2.24. The van der Waals surface area contributed by atoms with E-state index >= 15 is 0 Å². The normalized spacial score (nSPS) is 20.8. The van der Waals surface area contributed by atoms with Crippen LogP contribution in [0.4, 0.5) is 0 Å². The van der Waals surface area contributed by atoms with Gasteiger partial charge in [-0.3, -0.25) is 0 Å². The van der Waals surface area contributed by atoms with Crippen LogP contribution in [0.15, 0.2) is 0 Å². The van der Waals surface area contributed by atoms with Gasteiger partial charge in [0.05, 0.1) is 6.10 Å². The van der Waals surface area contributed by atoms with Crippen molar-refractivity contribution in [3.8, 4) is 0 Å². The maximum atomic E-state index is 5.81. The number of rotatable bonds is 6. The van der Waals surface area contributed by atoms with Gasteiger partial charge in [0.15, 0.2) is 0 Å². The Morgan fingerprint density at radius 1 is 1.27 bits per heavy atom. The minimum Gasteiger partial charge on any atom is -0.381 e. The minimum absolute atomic E-state index is 0.315. The molecule has 0 amide bonds. The first-order valence-corrected chi connectivity index (χ1v) is 6.11. The summed E-state index contributed by atoms with van der Waals surface area (Å²) in [5, 5.41) is 3.38. The highest BCUT2D eigenvalue weighted by molar-refractivity contribution is 4.64. The fourth-order valence-electron chi connectivity index (χ4n) is 1.67. The first-order valence-electron chi connectivity index (χ1n) is 6.11. The van der Waals surface area contributed by atoms with Crippen molar-refractivity contribution in [3.05, 3.63) is 0 Å². The van der Waals surface area contributed by atoms with Crippen LogP contribution in [0.1, 0.15) is 33.6 Å². The molecule has 1 heterocycles. The summed E-state index contributed by atoms with van der Waals surface area (Å²) in [5.74, 6) is 0.709. The SMILES string of the molecule is CC(C)NCC(C)OCC1CCOCC1. The molecular weight excluding hydrogens is 190 g/mol. The fraction of sp³-hybridized carbons (Fsp3) is 1.00. The van der Waals surface area contributed by atoms with Gasteiger partial charge in [0.2, 0.25) is 0 Å². The van der Waals surface area contributed by atoms with Crippen molar-refractivity contribution in [2.45, 2.75) is 45.8 Å². The van der Waals surface area contributed by atoms with Crippen LogP contribution in [0.5, 0.6) is 0 Å². The minimum atomic E-state index is 0.315. The Morgan fingerprint density at radius 2 is 1.93 bits per heavy atom. The van der Waals surface area contributed by atoms with E-state index in [2.05, 4.69) is 26.1 Å². The van der Waals surface area contributed by atoms with Gasteiger partial charge < -0.3 is 14.8 Å². The van der Waals surface area contributed by atoms with Crippen molar-refractivity contribution >= 4 is 0 Å². The van der Waals surface area contributed by atoms with Crippen molar-refractivity contribution < 1.29 is 9.47 Å². The third-order valence-electron chi connectivity index (χ3n) is 2.77. The summed E-state index contributed by atoms with van der Waals surface area (Å²) in [7, 11) is 0. The van der Waals surface area contributed by atoms with E-state index < -0.39 is 0 Å². The van der Waals surface area contributed by atoms with E-state index in [1.165, 1.54) is 0 Å². The van der Waals surface area contributed by atoms with Gasteiger partial charge in [-0.15, -0.1) is 0 Å². The van der Waals surface area contributed by atoms with Crippen LogP contribution in [0.3, 0.4) is 0 Å². The highest BCUT2D eigenvalue weighted by Crippen LogP contribution is 2.15. The molecule has 0 aliphatic carbocycles. The van der Waals surface area contributed by atoms with E-state index in [1.54, 1.807) is 0 Å². The van der Waals surface area contributed by atoms with E-state index in [0.717, 1.165) is 39.2 Å². The van der Waals surface area contributed by atoms with Gasteiger partial charge in [-0.05, 0) is 25.7 Å². The topological polar surface area (TPSA) is 30.5 Å². The zero-order valence-corrected chi connectivity index (χ0v) is 10.3. The molecule has 0 aromatic carbocycles. The maximum absolute atomic E-state index is 5.81. The van der Waals surface area contributed by atoms with Crippen molar-refractivity contribution in [1.82, 2.24) is 5.32 Å². The van der Waals surface area contributed by atoms with Crippen LogP contribution in [0.2, 0.25) is 0 Å². The molecule has 90 valence electrons. The lowest BCUT2D eigenvalue weighted by Crippen LogP contribution is -2.33. The second kappa shape index (κ2) is 7.20. The molecule has 1 aliphatic rings. The largest absolute Gasteiger partial charge is 0.381 e. The highest BCUT2D eigenvalue weighted by Gasteiger charge is 2.15. The third-order valence-corrected chi connectivity index (χ3v) is 2.77. The Balaban J connectivity index is 2.02. The molecule has 1 fully saturated rings. The van der Waals surface area contributed by atoms with Crippen molar-refractivity contribution in [1.29, 1.82) is 0 Å². The van der Waals surface area contributed by atoms with Gasteiger partial charge in [0.1, 0.15) is 0 Å². The third kappa shape index (κ3) is 6.13. The molecule has 1 N–H and O–H groups in total. The summed E-state index contributed by atoms with van der Waals surface area (Å²) < 4.78 is 11.1. The van der Waals surface area contributed by atoms with Crippen LogP contribution >= 0.6 is 0 Å². The summed E-state index contributed by atoms with van der Waals surface area (Å²) >= 11 is 0. The Kier molecular flexibility index (Phi) is 6.22. The molecule has 0 aromatic heterocycles. The van der Waals surface area contributed by atoms with E-state index in [1.807, 2.05) is 0 Å². The monoisotopic (exact) mass is 215 g/mol. The predicted molar refractivity (Wildman–Crippen MR) is 62.1 cm³/mol. The zero-order valence-electron chi connectivity index (χ0n) is 10.3. The first kappa shape index (κ1) is 12.9. The quantitative estimate of drug-likeness (QED) is 0.733. The number of hydrogen-bond donors (Lipinski definition) is 1. The van der Waals surface area contributed by atoms with Gasteiger partial charge in [-0.2, -0.15) is 0 Å². The van der Waals surface area contributed by atoms with E-state index in [9.17, 15) is 0 Å². The average Bonchev–Trinajstić information content (AvgIpc) is 2.25. The summed E-state index contributed by atoms with van der Waals surface area (Å²) in [4.78, 5) is 0. The molecule has 0 saturated carbocycles. The van der Waals surface area contributed by atoms with Gasteiger partial charge in [0, 0.05) is 32.4 Å². The van der Waals surface area contributed by atoms with Crippen LogP contribution in [-0.2, 0) is 9.47 Å². The van der Waals surface area contributed by atoms with Crippen LogP contribution in [0, 0.1) is 5.92 Å². The summed E-state index contributed by atoms with van der Waals surface area (Å²) in [6.07, 6.45) is 2.63. The second-order valence-corrected chi connectivity index (χ2v) is 4.76. The van der Waals surface area contributed by atoms with E-state index in [-0.39, 0.29) is 0 Å². The Morgan fingerprint density at radius 3 is 2.53 bits per heavy atom. The van der Waals surface area contributed by atoms with Gasteiger partial charge in [-0.1, -0.05) is 13.8 Å². The molecule has 3 nitrogen and oxygen atoms in total. The summed E-state index contributed by atoms with van der Waals surface area (Å²) in [5.41, 5.74) is 0. The molecule has 1 atom stereocenters. The molecule has 1 saturated heterocycles. The standard InChI is InChI=1S/C12H25NO2/c1-10(2)13-8-11(3)15-9-12-4-6-14-7-5-12/h10-13H,4-9H2,1-3H3. The molecule has 0 radical (unpaired) electrons. The van der Waals surface area contributed by atoms with Gasteiger partial charge in [-0.25, -0.2) is 0 Å². The van der Waals surface area contributed by atoms with Crippen LogP contribution < -0.4 is 5.32 Å². The molecule has 3 heteroatoms. The Bertz CT molecular complexity index is 156. The van der Waals surface area contributed by atoms with Crippen molar-refractivity contribution in [3.63, 3.8) is 0 Å². The number of hydrogen-bond acceptors (Lipinski definition) is 3. The zero-order chi connectivity index (χ0) is 11.1. The molecule has 1 unspecified atom stereocenters.